The van der Waals surface area contributed by atoms with Crippen LogP contribution in [0.5, 0.6) is 5.75 Å². The molecule has 2 saturated carbocycles. The van der Waals surface area contributed by atoms with Crippen molar-refractivity contribution >= 4 is 5.69 Å². The maximum absolute atomic E-state index is 6.14. The molecule has 0 radical (unpaired) electrons. The molecule has 0 aliphatic heterocycles. The quantitative estimate of drug-likeness (QED) is 0.875. The molecule has 2 aliphatic rings. The Morgan fingerprint density at radius 3 is 2.90 bits per heavy atom. The lowest BCUT2D eigenvalue weighted by Gasteiger charge is -2.23. The van der Waals surface area contributed by atoms with Crippen molar-refractivity contribution in [1.82, 2.24) is 20.2 Å². The molecule has 2 fully saturated rings. The van der Waals surface area contributed by atoms with Crippen LogP contribution in [0.25, 0.3) is 11.4 Å². The van der Waals surface area contributed by atoms with Gasteiger partial charge in [-0.3, -0.25) is 0 Å². The van der Waals surface area contributed by atoms with Gasteiger partial charge in [-0.25, -0.2) is 4.68 Å². The van der Waals surface area contributed by atoms with E-state index in [0.29, 0.717) is 23.4 Å². The standard InChI is InChI=1S/C15H19N5O/c1-21-13-4-2-3-11(16)14(13)15-17-18-19-20(15)12-8-9-5-6-10(12)7-9/h2-4,9-10,12H,5-8,16H2,1H3. The van der Waals surface area contributed by atoms with Crippen LogP contribution in [0.15, 0.2) is 18.2 Å². The second-order valence-electron chi connectivity index (χ2n) is 6.11. The first kappa shape index (κ1) is 12.6. The molecule has 21 heavy (non-hydrogen) atoms. The molecule has 4 rings (SSSR count). The molecule has 2 bridgehead atoms. The number of anilines is 1. The zero-order chi connectivity index (χ0) is 14.4. The van der Waals surface area contributed by atoms with Gasteiger partial charge in [0.05, 0.1) is 18.7 Å². The zero-order valence-corrected chi connectivity index (χ0v) is 12.1. The van der Waals surface area contributed by atoms with E-state index in [0.717, 1.165) is 17.3 Å². The van der Waals surface area contributed by atoms with E-state index in [-0.39, 0.29) is 0 Å². The van der Waals surface area contributed by atoms with Gasteiger partial charge in [-0.2, -0.15) is 0 Å². The third-order valence-electron chi connectivity index (χ3n) is 5.01. The fraction of sp³-hybridized carbons (Fsp3) is 0.533. The molecule has 6 heteroatoms. The number of hydrogen-bond donors (Lipinski definition) is 1. The minimum atomic E-state index is 0.401. The SMILES string of the molecule is COc1cccc(N)c1-c1nnnn1C1CC2CCC1C2. The predicted molar refractivity (Wildman–Crippen MR) is 78.7 cm³/mol. The van der Waals surface area contributed by atoms with Crippen LogP contribution in [0, 0.1) is 11.8 Å². The Hall–Kier alpha value is -2.11. The van der Waals surface area contributed by atoms with E-state index in [1.807, 2.05) is 22.9 Å². The largest absolute Gasteiger partial charge is 0.496 e. The third-order valence-corrected chi connectivity index (χ3v) is 5.01. The van der Waals surface area contributed by atoms with Crippen molar-refractivity contribution in [1.29, 1.82) is 0 Å². The van der Waals surface area contributed by atoms with Gasteiger partial charge in [0.25, 0.3) is 0 Å². The van der Waals surface area contributed by atoms with Crippen molar-refractivity contribution in [3.05, 3.63) is 18.2 Å². The number of aromatic nitrogens is 4. The Labute approximate surface area is 123 Å². The summed E-state index contributed by atoms with van der Waals surface area (Å²) in [6.45, 7) is 0. The fourth-order valence-electron chi connectivity index (χ4n) is 4.05. The highest BCUT2D eigenvalue weighted by Gasteiger charge is 2.42. The number of nitrogens with zero attached hydrogens (tertiary/aromatic N) is 4. The van der Waals surface area contributed by atoms with E-state index in [2.05, 4.69) is 15.5 Å². The number of tetrazole rings is 1. The first-order valence-electron chi connectivity index (χ1n) is 7.48. The molecule has 1 aromatic carbocycles. The van der Waals surface area contributed by atoms with Gasteiger partial charge in [0.1, 0.15) is 5.75 Å². The molecule has 3 atom stereocenters. The highest BCUT2D eigenvalue weighted by atomic mass is 16.5. The van der Waals surface area contributed by atoms with Crippen molar-refractivity contribution in [2.75, 3.05) is 12.8 Å². The molecule has 2 aromatic rings. The molecule has 0 amide bonds. The maximum Gasteiger partial charge on any atom is 0.188 e. The van der Waals surface area contributed by atoms with Gasteiger partial charge < -0.3 is 10.5 Å². The van der Waals surface area contributed by atoms with E-state index >= 15 is 0 Å². The highest BCUT2D eigenvalue weighted by molar-refractivity contribution is 5.77. The molecule has 2 aliphatic carbocycles. The summed E-state index contributed by atoms with van der Waals surface area (Å²) in [5.74, 6) is 2.98. The molecular weight excluding hydrogens is 266 g/mol. The summed E-state index contributed by atoms with van der Waals surface area (Å²) in [5, 5.41) is 12.4. The number of benzene rings is 1. The van der Waals surface area contributed by atoms with Crippen LogP contribution >= 0.6 is 0 Å². The van der Waals surface area contributed by atoms with E-state index in [4.69, 9.17) is 10.5 Å². The molecule has 110 valence electrons. The van der Waals surface area contributed by atoms with Crippen molar-refractivity contribution in [3.8, 4) is 17.1 Å². The lowest BCUT2D eigenvalue weighted by molar-refractivity contribution is 0.304. The zero-order valence-electron chi connectivity index (χ0n) is 12.1. The molecule has 6 nitrogen and oxygen atoms in total. The molecule has 3 unspecified atom stereocenters. The molecule has 1 heterocycles. The fourth-order valence-corrected chi connectivity index (χ4v) is 4.05. The summed E-state index contributed by atoms with van der Waals surface area (Å²) < 4.78 is 7.41. The third kappa shape index (κ3) is 1.89. The Morgan fingerprint density at radius 1 is 1.29 bits per heavy atom. The molecular formula is C15H19N5O. The number of rotatable bonds is 3. The van der Waals surface area contributed by atoms with Gasteiger partial charge in [-0.1, -0.05) is 12.5 Å². The minimum Gasteiger partial charge on any atom is -0.496 e. The Balaban J connectivity index is 1.79. The smallest absolute Gasteiger partial charge is 0.188 e. The molecule has 1 aromatic heterocycles. The number of methoxy groups -OCH3 is 1. The topological polar surface area (TPSA) is 78.8 Å². The van der Waals surface area contributed by atoms with E-state index in [1.165, 1.54) is 25.7 Å². The van der Waals surface area contributed by atoms with Crippen LogP contribution in [0.3, 0.4) is 0 Å². The first-order valence-corrected chi connectivity index (χ1v) is 7.48. The average molecular weight is 285 g/mol. The minimum absolute atomic E-state index is 0.401. The van der Waals surface area contributed by atoms with Gasteiger partial charge in [0, 0.05) is 5.69 Å². The van der Waals surface area contributed by atoms with Crippen molar-refractivity contribution in [2.45, 2.75) is 31.7 Å². The number of fused-ring (bicyclic) bond motifs is 2. The van der Waals surface area contributed by atoms with Crippen LogP contribution < -0.4 is 10.5 Å². The predicted octanol–water partition coefficient (Wildman–Crippen LogP) is 2.29. The van der Waals surface area contributed by atoms with Gasteiger partial charge in [-0.15, -0.1) is 5.10 Å². The van der Waals surface area contributed by atoms with Crippen LogP contribution in [0.1, 0.15) is 31.7 Å². The lowest BCUT2D eigenvalue weighted by atomic mass is 9.95. The second kappa shape index (κ2) is 4.72. The number of nitrogen functional groups attached to an aromatic ring is 1. The molecule has 0 saturated heterocycles. The van der Waals surface area contributed by atoms with Crippen LogP contribution in [0.4, 0.5) is 5.69 Å². The Kier molecular flexibility index (Phi) is 2.83. The van der Waals surface area contributed by atoms with Gasteiger partial charge >= 0.3 is 0 Å². The van der Waals surface area contributed by atoms with E-state index in [9.17, 15) is 0 Å². The maximum atomic E-state index is 6.14. The molecule has 0 spiro atoms. The second-order valence-corrected chi connectivity index (χ2v) is 6.11. The van der Waals surface area contributed by atoms with Crippen molar-refractivity contribution in [2.24, 2.45) is 11.8 Å². The number of hydrogen-bond acceptors (Lipinski definition) is 5. The van der Waals surface area contributed by atoms with Gasteiger partial charge in [-0.05, 0) is 53.7 Å². The lowest BCUT2D eigenvalue weighted by Crippen LogP contribution is -2.19. The summed E-state index contributed by atoms with van der Waals surface area (Å²) in [7, 11) is 1.64. The highest BCUT2D eigenvalue weighted by Crippen LogP contribution is 2.51. The number of nitrogens with two attached hydrogens (primary N) is 1. The summed E-state index contributed by atoms with van der Waals surface area (Å²) in [4.78, 5) is 0. The monoisotopic (exact) mass is 285 g/mol. The summed E-state index contributed by atoms with van der Waals surface area (Å²) >= 11 is 0. The molecule has 2 N–H and O–H groups in total. The van der Waals surface area contributed by atoms with Gasteiger partial charge in [0.2, 0.25) is 0 Å². The number of ether oxygens (including phenoxy) is 1. The Morgan fingerprint density at radius 2 is 2.19 bits per heavy atom. The summed E-state index contributed by atoms with van der Waals surface area (Å²) in [5.41, 5.74) is 7.59. The van der Waals surface area contributed by atoms with Crippen LogP contribution in [-0.2, 0) is 0 Å². The van der Waals surface area contributed by atoms with Gasteiger partial charge in [0.15, 0.2) is 5.82 Å². The summed E-state index contributed by atoms with van der Waals surface area (Å²) in [6.07, 6.45) is 5.13. The average Bonchev–Trinajstić information content (AvgIpc) is 3.22. The normalized spacial score (nSPS) is 27.2. The van der Waals surface area contributed by atoms with Crippen molar-refractivity contribution in [3.63, 3.8) is 0 Å². The Bertz CT molecular complexity index is 668. The van der Waals surface area contributed by atoms with Crippen LogP contribution in [-0.4, -0.2) is 27.3 Å². The van der Waals surface area contributed by atoms with Crippen LogP contribution in [0.2, 0.25) is 0 Å². The van der Waals surface area contributed by atoms with E-state index < -0.39 is 0 Å². The summed E-state index contributed by atoms with van der Waals surface area (Å²) in [6, 6.07) is 6.03. The van der Waals surface area contributed by atoms with E-state index in [1.54, 1.807) is 7.11 Å². The first-order chi connectivity index (χ1) is 10.3. The van der Waals surface area contributed by atoms with Crippen molar-refractivity contribution < 1.29 is 4.74 Å².